The van der Waals surface area contributed by atoms with Gasteiger partial charge in [-0.2, -0.15) is 0 Å². The second-order valence-corrected chi connectivity index (χ2v) is 6.72. The quantitative estimate of drug-likeness (QED) is 0.696. The molecule has 3 unspecified atom stereocenters. The van der Waals surface area contributed by atoms with Gasteiger partial charge in [-0.3, -0.25) is 0 Å². The van der Waals surface area contributed by atoms with Crippen molar-refractivity contribution in [3.8, 4) is 0 Å². The zero-order valence-electron chi connectivity index (χ0n) is 12.7. The van der Waals surface area contributed by atoms with Crippen molar-refractivity contribution in [2.24, 2.45) is 11.8 Å². The first-order chi connectivity index (χ1) is 9.31. The predicted octanol–water partition coefficient (Wildman–Crippen LogP) is 4.90. The molecule has 0 aromatic heterocycles. The summed E-state index contributed by atoms with van der Waals surface area (Å²) in [5.41, 5.74) is 3.28. The van der Waals surface area contributed by atoms with Crippen molar-refractivity contribution < 1.29 is 0 Å². The van der Waals surface area contributed by atoms with Crippen LogP contribution in [0.25, 0.3) is 0 Å². The Morgan fingerprint density at radius 1 is 1.21 bits per heavy atom. The fourth-order valence-corrected chi connectivity index (χ4v) is 4.29. The maximum atomic E-state index is 2.76. The van der Waals surface area contributed by atoms with E-state index in [-0.39, 0.29) is 0 Å². The third-order valence-electron chi connectivity index (χ3n) is 5.61. The number of rotatable bonds is 3. The summed E-state index contributed by atoms with van der Waals surface area (Å²) in [4.78, 5) is 2.76. The summed E-state index contributed by atoms with van der Waals surface area (Å²) in [6, 6.07) is 0.842. The molecule has 0 aromatic carbocycles. The van der Waals surface area contributed by atoms with E-state index >= 15 is 0 Å². The second-order valence-electron chi connectivity index (χ2n) is 6.72. The molecule has 106 valence electrons. The first kappa shape index (κ1) is 13.3. The predicted molar refractivity (Wildman–Crippen MR) is 81.9 cm³/mol. The molecule has 0 amide bonds. The van der Waals surface area contributed by atoms with Gasteiger partial charge in [0.25, 0.3) is 0 Å². The Bertz CT molecular complexity index is 379. The maximum Gasteiger partial charge on any atom is 0.0358 e. The topological polar surface area (TPSA) is 3.24 Å². The van der Waals surface area contributed by atoms with Crippen LogP contribution in [0.5, 0.6) is 0 Å². The van der Waals surface area contributed by atoms with Crippen LogP contribution in [-0.4, -0.2) is 17.5 Å². The minimum Gasteiger partial charge on any atom is -0.368 e. The van der Waals surface area contributed by atoms with Crippen LogP contribution in [0.4, 0.5) is 0 Å². The summed E-state index contributed by atoms with van der Waals surface area (Å²) >= 11 is 0. The van der Waals surface area contributed by atoms with Crippen molar-refractivity contribution in [1.82, 2.24) is 4.90 Å². The smallest absolute Gasteiger partial charge is 0.0358 e. The number of fused-ring (bicyclic) bond motifs is 1. The second kappa shape index (κ2) is 5.73. The van der Waals surface area contributed by atoms with Crippen molar-refractivity contribution in [1.29, 1.82) is 0 Å². The monoisotopic (exact) mass is 259 g/mol. The van der Waals surface area contributed by atoms with E-state index in [1.54, 1.807) is 11.3 Å². The number of hydrogen-bond donors (Lipinski definition) is 0. The van der Waals surface area contributed by atoms with E-state index in [1.807, 2.05) is 0 Å². The molecule has 3 rings (SSSR count). The van der Waals surface area contributed by atoms with Gasteiger partial charge in [0.15, 0.2) is 0 Å². The van der Waals surface area contributed by atoms with Crippen molar-refractivity contribution >= 4 is 0 Å². The molecular weight excluding hydrogens is 230 g/mol. The molecule has 1 heterocycles. The van der Waals surface area contributed by atoms with Crippen LogP contribution in [0.15, 0.2) is 23.4 Å². The van der Waals surface area contributed by atoms with Gasteiger partial charge in [-0.15, -0.1) is 0 Å². The third kappa shape index (κ3) is 2.61. The number of likely N-dealkylation sites (tertiary alicyclic amines) is 1. The highest BCUT2D eigenvalue weighted by molar-refractivity contribution is 5.38. The Labute approximate surface area is 118 Å². The standard InChI is InChI=1S/C18H29N/c1-3-14-6-5-7-17(13-14)19-11-10-16-12-15(4-2)8-9-18(16)19/h9,12,14-15,17H,3-8,10-11,13H2,1-2H3. The summed E-state index contributed by atoms with van der Waals surface area (Å²) < 4.78 is 0. The van der Waals surface area contributed by atoms with Gasteiger partial charge >= 0.3 is 0 Å². The van der Waals surface area contributed by atoms with Crippen LogP contribution in [0.1, 0.15) is 65.2 Å². The van der Waals surface area contributed by atoms with Gasteiger partial charge in [-0.1, -0.05) is 45.3 Å². The molecule has 2 aliphatic carbocycles. The molecule has 0 spiro atoms. The number of allylic oxidation sites excluding steroid dienone is 3. The van der Waals surface area contributed by atoms with Crippen molar-refractivity contribution in [2.75, 3.05) is 6.54 Å². The van der Waals surface area contributed by atoms with Gasteiger partial charge in [-0.05, 0) is 49.5 Å². The van der Waals surface area contributed by atoms with Crippen LogP contribution in [-0.2, 0) is 0 Å². The van der Waals surface area contributed by atoms with E-state index in [1.165, 1.54) is 57.9 Å². The normalized spacial score (nSPS) is 34.8. The largest absolute Gasteiger partial charge is 0.368 e. The van der Waals surface area contributed by atoms with Gasteiger partial charge in [0.2, 0.25) is 0 Å². The molecule has 0 radical (unpaired) electrons. The van der Waals surface area contributed by atoms with E-state index in [9.17, 15) is 0 Å². The fourth-order valence-electron chi connectivity index (χ4n) is 4.29. The van der Waals surface area contributed by atoms with E-state index in [4.69, 9.17) is 0 Å². The molecule has 1 aliphatic heterocycles. The molecule has 1 nitrogen and oxygen atoms in total. The Balaban J connectivity index is 1.70. The van der Waals surface area contributed by atoms with Crippen LogP contribution in [0.2, 0.25) is 0 Å². The molecule has 19 heavy (non-hydrogen) atoms. The minimum absolute atomic E-state index is 0.813. The zero-order valence-corrected chi connectivity index (χ0v) is 12.7. The van der Waals surface area contributed by atoms with E-state index in [0.717, 1.165) is 17.9 Å². The summed E-state index contributed by atoms with van der Waals surface area (Å²) in [7, 11) is 0. The minimum atomic E-state index is 0.813. The molecule has 1 saturated heterocycles. The van der Waals surface area contributed by atoms with Crippen molar-refractivity contribution in [3.63, 3.8) is 0 Å². The average molecular weight is 259 g/mol. The Kier molecular flexibility index (Phi) is 4.00. The van der Waals surface area contributed by atoms with Gasteiger partial charge in [0.1, 0.15) is 0 Å². The van der Waals surface area contributed by atoms with E-state index < -0.39 is 0 Å². The van der Waals surface area contributed by atoms with E-state index in [0.29, 0.717) is 0 Å². The number of nitrogens with zero attached hydrogens (tertiary/aromatic N) is 1. The lowest BCUT2D eigenvalue weighted by Crippen LogP contribution is -2.36. The summed E-state index contributed by atoms with van der Waals surface area (Å²) in [6.45, 7) is 5.98. The SMILES string of the molecule is CCC1C=C2CCN(C3CCCC(CC)C3)C2=CC1. The summed E-state index contributed by atoms with van der Waals surface area (Å²) in [5.74, 6) is 1.80. The van der Waals surface area contributed by atoms with Gasteiger partial charge in [0, 0.05) is 18.3 Å². The molecule has 3 aliphatic rings. The van der Waals surface area contributed by atoms with E-state index in [2.05, 4.69) is 30.9 Å². The van der Waals surface area contributed by atoms with Gasteiger partial charge in [-0.25, -0.2) is 0 Å². The van der Waals surface area contributed by atoms with Crippen molar-refractivity contribution in [2.45, 2.75) is 71.3 Å². The highest BCUT2D eigenvalue weighted by Gasteiger charge is 2.33. The van der Waals surface area contributed by atoms with Crippen LogP contribution in [0, 0.1) is 11.8 Å². The van der Waals surface area contributed by atoms with Crippen LogP contribution < -0.4 is 0 Å². The van der Waals surface area contributed by atoms with Gasteiger partial charge in [0.05, 0.1) is 0 Å². The molecule has 0 N–H and O–H groups in total. The lowest BCUT2D eigenvalue weighted by atomic mass is 9.83. The Hall–Kier alpha value is -0.720. The van der Waals surface area contributed by atoms with Crippen molar-refractivity contribution in [3.05, 3.63) is 23.4 Å². The molecule has 0 aromatic rings. The van der Waals surface area contributed by atoms with Crippen LogP contribution in [0.3, 0.4) is 0 Å². The molecule has 3 atom stereocenters. The Morgan fingerprint density at radius 3 is 2.89 bits per heavy atom. The molecule has 2 fully saturated rings. The number of hydrogen-bond acceptors (Lipinski definition) is 1. The molecular formula is C18H29N. The highest BCUT2D eigenvalue weighted by Crippen LogP contribution is 2.40. The summed E-state index contributed by atoms with van der Waals surface area (Å²) in [6.07, 6.45) is 16.2. The first-order valence-corrected chi connectivity index (χ1v) is 8.49. The first-order valence-electron chi connectivity index (χ1n) is 8.49. The van der Waals surface area contributed by atoms with Gasteiger partial charge < -0.3 is 4.90 Å². The highest BCUT2D eigenvalue weighted by atomic mass is 15.2. The lowest BCUT2D eigenvalue weighted by molar-refractivity contribution is 0.179. The average Bonchev–Trinajstić information content (AvgIpc) is 2.90. The molecule has 1 saturated carbocycles. The Morgan fingerprint density at radius 2 is 2.11 bits per heavy atom. The molecule has 0 bridgehead atoms. The maximum absolute atomic E-state index is 2.76. The zero-order chi connectivity index (χ0) is 13.2. The molecule has 1 heteroatoms. The van der Waals surface area contributed by atoms with Crippen LogP contribution >= 0.6 is 0 Å². The fraction of sp³-hybridized carbons (Fsp3) is 0.778. The lowest BCUT2D eigenvalue weighted by Gasteiger charge is -2.37. The summed E-state index contributed by atoms with van der Waals surface area (Å²) in [5, 5.41) is 0. The third-order valence-corrected chi connectivity index (χ3v) is 5.61.